The van der Waals surface area contributed by atoms with Crippen LogP contribution in [0.3, 0.4) is 0 Å². The van der Waals surface area contributed by atoms with Crippen molar-refractivity contribution < 1.29 is 4.79 Å². The molecule has 0 saturated heterocycles. The molecule has 0 aliphatic heterocycles. The van der Waals surface area contributed by atoms with Crippen LogP contribution < -0.4 is 5.43 Å². The van der Waals surface area contributed by atoms with Crippen LogP contribution in [0.15, 0.2) is 28.7 Å². The first kappa shape index (κ1) is 11.8. The Morgan fingerprint density at radius 2 is 2.25 bits per heavy atom. The van der Waals surface area contributed by atoms with E-state index < -0.39 is 5.91 Å². The largest absolute Gasteiger partial charge is 0.350 e. The molecule has 0 fully saturated rings. The molecule has 1 aromatic rings. The molecule has 1 heterocycles. The lowest BCUT2D eigenvalue weighted by atomic mass is 10.1. The summed E-state index contributed by atoms with van der Waals surface area (Å²) in [5, 5.41) is 2.24. The number of carbonyl (C=O) groups excluding carboxylic acids is 1. The zero-order chi connectivity index (χ0) is 12.1. The summed E-state index contributed by atoms with van der Waals surface area (Å²) in [4.78, 5) is 35.3. The van der Waals surface area contributed by atoms with Crippen LogP contribution in [-0.2, 0) is 0 Å². The lowest BCUT2D eigenvalue weighted by Crippen LogP contribution is -2.13. The number of aromatic amines is 1. The average Bonchev–Trinajstić information content (AvgIpc) is 2.30. The minimum absolute atomic E-state index is 0.136. The van der Waals surface area contributed by atoms with Gasteiger partial charge in [-0.05, 0) is 13.0 Å². The quantitative estimate of drug-likeness (QED) is 0.787. The van der Waals surface area contributed by atoms with E-state index >= 15 is 0 Å². The van der Waals surface area contributed by atoms with Crippen molar-refractivity contribution in [1.82, 2.24) is 4.98 Å². The number of H-pyrrole nitrogens is 1. The van der Waals surface area contributed by atoms with Gasteiger partial charge in [-0.25, -0.2) is 0 Å². The molecule has 0 bridgehead atoms. The molecule has 0 atom stereocenters. The van der Waals surface area contributed by atoms with E-state index in [4.69, 9.17) is 0 Å². The third-order valence-electron chi connectivity index (χ3n) is 1.95. The highest BCUT2D eigenvalue weighted by Crippen LogP contribution is 2.07. The van der Waals surface area contributed by atoms with Gasteiger partial charge in [0, 0.05) is 22.5 Å². The van der Waals surface area contributed by atoms with Crippen molar-refractivity contribution in [3.05, 3.63) is 50.8 Å². The molecule has 16 heavy (non-hydrogen) atoms. The maximum atomic E-state index is 11.6. The summed E-state index contributed by atoms with van der Waals surface area (Å²) in [5.74, 6) is -1.01. The number of rotatable bonds is 3. The van der Waals surface area contributed by atoms with Crippen molar-refractivity contribution in [3.63, 3.8) is 0 Å². The predicted molar refractivity (Wildman–Crippen MR) is 62.0 cm³/mol. The van der Waals surface area contributed by atoms with Gasteiger partial charge in [-0.3, -0.25) is 9.59 Å². The van der Waals surface area contributed by atoms with Crippen LogP contribution in [0, 0.1) is 4.91 Å². The second kappa shape index (κ2) is 4.97. The number of nitrogens with one attached hydrogen (secondary N) is 1. The molecule has 0 radical (unpaired) electrons. The Balaban J connectivity index is 3.49. The van der Waals surface area contributed by atoms with Crippen molar-refractivity contribution >= 4 is 18.1 Å². The van der Waals surface area contributed by atoms with Crippen molar-refractivity contribution in [2.24, 2.45) is 5.18 Å². The van der Waals surface area contributed by atoms with Gasteiger partial charge in [0.1, 0.15) is 5.69 Å². The van der Waals surface area contributed by atoms with Crippen molar-refractivity contribution in [2.75, 3.05) is 0 Å². The molecule has 1 N–H and O–H groups in total. The second-order valence-electron chi connectivity index (χ2n) is 2.98. The molecule has 82 valence electrons. The van der Waals surface area contributed by atoms with E-state index in [1.807, 2.05) is 0 Å². The number of amides is 1. The lowest BCUT2D eigenvalue weighted by molar-refractivity contribution is 0.0996. The monoisotopic (exact) mass is 218 g/mol. The minimum Gasteiger partial charge on any atom is -0.350 e. The fourth-order valence-electron chi connectivity index (χ4n) is 1.25. The van der Waals surface area contributed by atoms with Crippen LogP contribution in [-0.4, -0.2) is 10.9 Å². The van der Waals surface area contributed by atoms with Crippen LogP contribution in [0.4, 0.5) is 0 Å². The van der Waals surface area contributed by atoms with Crippen LogP contribution >= 0.6 is 0 Å². The Hall–Kier alpha value is -2.30. The lowest BCUT2D eigenvalue weighted by Gasteiger charge is -2.02. The van der Waals surface area contributed by atoms with Crippen molar-refractivity contribution in [1.29, 1.82) is 0 Å². The van der Waals surface area contributed by atoms with Gasteiger partial charge in [0.25, 0.3) is 0 Å². The predicted octanol–water partition coefficient (Wildman–Crippen LogP) is 1.96. The SMILES string of the molecule is C=Cc1[nH]c(C(=O)N=O)cc(=O)c1/C=C\C. The highest BCUT2D eigenvalue weighted by molar-refractivity contribution is 5.93. The standard InChI is InChI=1S/C11H10N2O3/c1-3-5-7-8(4-2)12-9(6-10(7)14)11(15)13-16/h3-6H,2H2,1H3,(H,12,14)/b5-3-. The number of hydrogen-bond acceptors (Lipinski definition) is 3. The topological polar surface area (TPSA) is 79.4 Å². The summed E-state index contributed by atoms with van der Waals surface area (Å²) >= 11 is 0. The highest BCUT2D eigenvalue weighted by atomic mass is 16.3. The number of hydrogen-bond donors (Lipinski definition) is 1. The molecular weight excluding hydrogens is 208 g/mol. The first-order chi connectivity index (χ1) is 7.63. The van der Waals surface area contributed by atoms with Crippen LogP contribution in [0.25, 0.3) is 12.2 Å². The van der Waals surface area contributed by atoms with E-state index in [1.165, 1.54) is 6.08 Å². The van der Waals surface area contributed by atoms with Crippen molar-refractivity contribution in [2.45, 2.75) is 6.92 Å². The molecule has 1 rings (SSSR count). The summed E-state index contributed by atoms with van der Waals surface area (Å²) in [7, 11) is 0. The zero-order valence-electron chi connectivity index (χ0n) is 8.69. The molecule has 0 saturated carbocycles. The number of pyridine rings is 1. The number of allylic oxidation sites excluding steroid dienone is 1. The molecule has 0 spiro atoms. The van der Waals surface area contributed by atoms with Gasteiger partial charge >= 0.3 is 5.91 Å². The summed E-state index contributed by atoms with van der Waals surface area (Å²) < 4.78 is 0. The van der Waals surface area contributed by atoms with Gasteiger partial charge in [-0.15, -0.1) is 4.91 Å². The average molecular weight is 218 g/mol. The summed E-state index contributed by atoms with van der Waals surface area (Å²) in [6.07, 6.45) is 4.69. The fourth-order valence-corrected chi connectivity index (χ4v) is 1.25. The van der Waals surface area contributed by atoms with Crippen molar-refractivity contribution in [3.8, 4) is 0 Å². The summed E-state index contributed by atoms with van der Waals surface area (Å²) in [6.45, 7) is 5.28. The molecular formula is C11H10N2O3. The van der Waals surface area contributed by atoms with Gasteiger partial charge in [-0.1, -0.05) is 18.7 Å². The smallest absolute Gasteiger partial charge is 0.332 e. The fraction of sp³-hybridized carbons (Fsp3) is 0.0909. The van der Waals surface area contributed by atoms with Gasteiger partial charge in [0.2, 0.25) is 0 Å². The minimum atomic E-state index is -1.01. The van der Waals surface area contributed by atoms with Crippen LogP contribution in [0.5, 0.6) is 0 Å². The molecule has 0 unspecified atom stereocenters. The van der Waals surface area contributed by atoms with Crippen LogP contribution in [0.2, 0.25) is 0 Å². The Bertz CT molecular complexity index is 527. The van der Waals surface area contributed by atoms with E-state index in [9.17, 15) is 14.5 Å². The second-order valence-corrected chi connectivity index (χ2v) is 2.98. The van der Waals surface area contributed by atoms with Gasteiger partial charge in [-0.2, -0.15) is 0 Å². The van der Waals surface area contributed by atoms with Gasteiger partial charge in [0.15, 0.2) is 5.43 Å². The maximum absolute atomic E-state index is 11.6. The van der Waals surface area contributed by atoms with E-state index in [0.29, 0.717) is 11.3 Å². The van der Waals surface area contributed by atoms with E-state index in [0.717, 1.165) is 6.07 Å². The van der Waals surface area contributed by atoms with Crippen LogP contribution in [0.1, 0.15) is 28.7 Å². The zero-order valence-corrected chi connectivity index (χ0v) is 8.69. The Morgan fingerprint density at radius 1 is 1.56 bits per heavy atom. The van der Waals surface area contributed by atoms with E-state index in [2.05, 4.69) is 16.7 Å². The normalized spacial score (nSPS) is 10.3. The Morgan fingerprint density at radius 3 is 2.75 bits per heavy atom. The first-order valence-corrected chi connectivity index (χ1v) is 4.54. The van der Waals surface area contributed by atoms with Gasteiger partial charge < -0.3 is 4.98 Å². The summed E-state index contributed by atoms with van der Waals surface area (Å²) in [6, 6.07) is 1.05. The van der Waals surface area contributed by atoms with E-state index in [1.54, 1.807) is 19.1 Å². The maximum Gasteiger partial charge on any atom is 0.332 e. The summed E-state index contributed by atoms with van der Waals surface area (Å²) in [5.41, 5.74) is 0.277. The molecule has 1 aromatic heterocycles. The number of carbonyl (C=O) groups is 1. The molecule has 0 aliphatic rings. The van der Waals surface area contributed by atoms with E-state index in [-0.39, 0.29) is 11.1 Å². The molecule has 1 amide bonds. The first-order valence-electron chi connectivity index (χ1n) is 4.54. The Kier molecular flexibility index (Phi) is 3.66. The molecule has 0 aliphatic carbocycles. The number of nitrogens with zero attached hydrogens (tertiary/aromatic N) is 1. The Labute approximate surface area is 91.5 Å². The third-order valence-corrected chi connectivity index (χ3v) is 1.95. The molecule has 5 heteroatoms. The molecule has 0 aromatic carbocycles. The third kappa shape index (κ3) is 2.20. The molecule has 5 nitrogen and oxygen atoms in total. The number of nitroso groups, excluding NO2 is 1. The number of aromatic nitrogens is 1. The highest BCUT2D eigenvalue weighted by Gasteiger charge is 2.11. The van der Waals surface area contributed by atoms with Gasteiger partial charge in [0.05, 0.1) is 0 Å².